The van der Waals surface area contributed by atoms with Gasteiger partial charge in [0, 0.05) is 13.7 Å². The molecule has 7 heteroatoms. The van der Waals surface area contributed by atoms with Crippen LogP contribution in [-0.2, 0) is 16.0 Å². The van der Waals surface area contributed by atoms with E-state index in [-0.39, 0.29) is 22.2 Å². The number of nitrogens with zero attached hydrogens (tertiary/aromatic N) is 2. The summed E-state index contributed by atoms with van der Waals surface area (Å²) in [7, 11) is 1.57. The summed E-state index contributed by atoms with van der Waals surface area (Å²) in [6, 6.07) is 0. The van der Waals surface area contributed by atoms with E-state index in [9.17, 15) is 4.79 Å². The van der Waals surface area contributed by atoms with Gasteiger partial charge in [-0.05, 0) is 20.3 Å². The zero-order chi connectivity index (χ0) is 14.8. The molecule has 112 valence electrons. The van der Waals surface area contributed by atoms with Gasteiger partial charge in [0.1, 0.15) is 5.02 Å². The number of hydrogen-bond acceptors (Lipinski definition) is 5. The highest BCUT2D eigenvalue weighted by molar-refractivity contribution is 6.32. The van der Waals surface area contributed by atoms with Gasteiger partial charge in [0.05, 0.1) is 36.7 Å². The summed E-state index contributed by atoms with van der Waals surface area (Å²) < 4.78 is 11.8. The second-order valence-corrected chi connectivity index (χ2v) is 5.58. The number of ether oxygens (including phenoxy) is 2. The Kier molecular flexibility index (Phi) is 4.67. The largest absolute Gasteiger partial charge is 0.383 e. The molecular weight excluding hydrogens is 282 g/mol. The molecule has 1 aliphatic heterocycles. The second kappa shape index (κ2) is 6.11. The SMILES string of the molecule is COCCn1ncc(NC2(C)CCOC2C)c(Cl)c1=O. The van der Waals surface area contributed by atoms with Gasteiger partial charge in [-0.25, -0.2) is 4.68 Å². The fourth-order valence-electron chi connectivity index (χ4n) is 2.20. The second-order valence-electron chi connectivity index (χ2n) is 5.20. The molecule has 1 saturated heterocycles. The summed E-state index contributed by atoms with van der Waals surface area (Å²) in [5.41, 5.74) is -0.00899. The highest BCUT2D eigenvalue weighted by Gasteiger charge is 2.37. The lowest BCUT2D eigenvalue weighted by molar-refractivity contribution is 0.105. The van der Waals surface area contributed by atoms with Crippen LogP contribution in [0.25, 0.3) is 0 Å². The number of nitrogens with one attached hydrogen (secondary N) is 1. The van der Waals surface area contributed by atoms with Crippen LogP contribution in [-0.4, -0.2) is 41.7 Å². The topological polar surface area (TPSA) is 65.4 Å². The van der Waals surface area contributed by atoms with Crippen molar-refractivity contribution >= 4 is 17.3 Å². The predicted molar refractivity (Wildman–Crippen MR) is 77.4 cm³/mol. The van der Waals surface area contributed by atoms with E-state index < -0.39 is 0 Å². The molecule has 1 aliphatic rings. The first-order valence-electron chi connectivity index (χ1n) is 6.62. The first-order valence-corrected chi connectivity index (χ1v) is 7.00. The number of methoxy groups -OCH3 is 1. The molecule has 0 bridgehead atoms. The first kappa shape index (κ1) is 15.3. The smallest absolute Gasteiger partial charge is 0.287 e. The fraction of sp³-hybridized carbons (Fsp3) is 0.692. The Bertz CT molecular complexity index is 534. The normalized spacial score (nSPS) is 25.9. The molecule has 0 radical (unpaired) electrons. The van der Waals surface area contributed by atoms with Crippen molar-refractivity contribution in [1.82, 2.24) is 9.78 Å². The third-order valence-electron chi connectivity index (χ3n) is 3.80. The summed E-state index contributed by atoms with van der Waals surface area (Å²) in [5.74, 6) is 0. The third-order valence-corrected chi connectivity index (χ3v) is 4.16. The lowest BCUT2D eigenvalue weighted by atomic mass is 9.94. The molecule has 0 saturated carbocycles. The predicted octanol–water partition coefficient (Wildman–Crippen LogP) is 1.52. The van der Waals surface area contributed by atoms with Crippen LogP contribution in [0.1, 0.15) is 20.3 Å². The van der Waals surface area contributed by atoms with Crippen molar-refractivity contribution in [3.63, 3.8) is 0 Å². The van der Waals surface area contributed by atoms with Crippen LogP contribution in [0, 0.1) is 0 Å². The van der Waals surface area contributed by atoms with Crippen LogP contribution in [0.15, 0.2) is 11.0 Å². The lowest BCUT2D eigenvalue weighted by Crippen LogP contribution is -2.42. The van der Waals surface area contributed by atoms with Crippen molar-refractivity contribution < 1.29 is 9.47 Å². The molecular formula is C13H20ClN3O3. The van der Waals surface area contributed by atoms with Gasteiger partial charge in [-0.1, -0.05) is 11.6 Å². The maximum atomic E-state index is 12.1. The maximum absolute atomic E-state index is 12.1. The Morgan fingerprint density at radius 2 is 2.45 bits per heavy atom. The molecule has 20 heavy (non-hydrogen) atoms. The zero-order valence-corrected chi connectivity index (χ0v) is 12.7. The molecule has 2 unspecified atom stereocenters. The van der Waals surface area contributed by atoms with Gasteiger partial charge in [0.15, 0.2) is 0 Å². The average molecular weight is 302 g/mol. The molecule has 2 rings (SSSR count). The molecule has 1 aromatic rings. The van der Waals surface area contributed by atoms with E-state index in [0.29, 0.717) is 25.4 Å². The number of hydrogen-bond donors (Lipinski definition) is 1. The molecule has 0 amide bonds. The standard InChI is InChI=1S/C13H20ClN3O3/c1-9-13(2,4-6-20-9)16-10-8-15-17(5-7-19-3)12(18)11(10)14/h8-9,16H,4-7H2,1-3H3. The Balaban J connectivity index is 2.21. The quantitative estimate of drug-likeness (QED) is 0.893. The van der Waals surface area contributed by atoms with E-state index in [0.717, 1.165) is 6.42 Å². The minimum Gasteiger partial charge on any atom is -0.383 e. The van der Waals surface area contributed by atoms with Crippen LogP contribution in [0.2, 0.25) is 5.02 Å². The third kappa shape index (κ3) is 2.97. The van der Waals surface area contributed by atoms with Crippen molar-refractivity contribution in [1.29, 1.82) is 0 Å². The van der Waals surface area contributed by atoms with E-state index in [4.69, 9.17) is 21.1 Å². The van der Waals surface area contributed by atoms with E-state index in [1.165, 1.54) is 4.68 Å². The van der Waals surface area contributed by atoms with Crippen molar-refractivity contribution in [2.75, 3.05) is 25.6 Å². The number of aromatic nitrogens is 2. The van der Waals surface area contributed by atoms with Crippen LogP contribution in [0.4, 0.5) is 5.69 Å². The van der Waals surface area contributed by atoms with Crippen LogP contribution in [0.3, 0.4) is 0 Å². The molecule has 1 aromatic heterocycles. The van der Waals surface area contributed by atoms with E-state index >= 15 is 0 Å². The van der Waals surface area contributed by atoms with Crippen molar-refractivity contribution in [2.45, 2.75) is 38.5 Å². The Labute approximate surface area is 123 Å². The zero-order valence-electron chi connectivity index (χ0n) is 12.0. The number of rotatable bonds is 5. The van der Waals surface area contributed by atoms with Crippen molar-refractivity contribution in [2.24, 2.45) is 0 Å². The molecule has 1 fully saturated rings. The molecule has 0 aromatic carbocycles. The molecule has 0 spiro atoms. The fourth-order valence-corrected chi connectivity index (χ4v) is 2.39. The van der Waals surface area contributed by atoms with Crippen LogP contribution in [0.5, 0.6) is 0 Å². The van der Waals surface area contributed by atoms with Gasteiger partial charge in [-0.3, -0.25) is 4.79 Å². The van der Waals surface area contributed by atoms with Gasteiger partial charge in [-0.2, -0.15) is 5.10 Å². The van der Waals surface area contributed by atoms with Gasteiger partial charge in [0.25, 0.3) is 5.56 Å². The van der Waals surface area contributed by atoms with Crippen molar-refractivity contribution in [3.05, 3.63) is 21.6 Å². The minimum absolute atomic E-state index is 0.0505. The number of anilines is 1. The Hall–Kier alpha value is -1.11. The van der Waals surface area contributed by atoms with Crippen LogP contribution >= 0.6 is 11.6 Å². The molecule has 2 atom stereocenters. The van der Waals surface area contributed by atoms with Gasteiger partial charge in [0.2, 0.25) is 0 Å². The first-order chi connectivity index (χ1) is 9.48. The summed E-state index contributed by atoms with van der Waals surface area (Å²) >= 11 is 6.15. The van der Waals surface area contributed by atoms with Crippen molar-refractivity contribution in [3.8, 4) is 0 Å². The Morgan fingerprint density at radius 1 is 1.70 bits per heavy atom. The summed E-state index contributed by atoms with van der Waals surface area (Å²) in [6.45, 7) is 5.55. The van der Waals surface area contributed by atoms with E-state index in [2.05, 4.69) is 17.3 Å². The summed E-state index contributed by atoms with van der Waals surface area (Å²) in [5, 5.41) is 7.56. The highest BCUT2D eigenvalue weighted by Crippen LogP contribution is 2.30. The van der Waals surface area contributed by atoms with E-state index in [1.807, 2.05) is 6.92 Å². The molecule has 6 nitrogen and oxygen atoms in total. The van der Waals surface area contributed by atoms with Gasteiger partial charge in [-0.15, -0.1) is 0 Å². The number of halogens is 1. The Morgan fingerprint density at radius 3 is 3.05 bits per heavy atom. The maximum Gasteiger partial charge on any atom is 0.287 e. The average Bonchev–Trinajstić information content (AvgIpc) is 2.74. The lowest BCUT2D eigenvalue weighted by Gasteiger charge is -2.30. The van der Waals surface area contributed by atoms with Crippen LogP contribution < -0.4 is 10.9 Å². The molecule has 2 heterocycles. The monoisotopic (exact) mass is 301 g/mol. The van der Waals surface area contributed by atoms with E-state index in [1.54, 1.807) is 13.3 Å². The summed E-state index contributed by atoms with van der Waals surface area (Å²) in [4.78, 5) is 12.1. The van der Waals surface area contributed by atoms with Gasteiger partial charge >= 0.3 is 0 Å². The highest BCUT2D eigenvalue weighted by atomic mass is 35.5. The minimum atomic E-state index is -0.316. The molecule has 1 N–H and O–H groups in total. The summed E-state index contributed by atoms with van der Waals surface area (Å²) in [6.07, 6.45) is 2.49. The van der Waals surface area contributed by atoms with Gasteiger partial charge < -0.3 is 14.8 Å². The molecule has 0 aliphatic carbocycles.